The van der Waals surface area contributed by atoms with E-state index in [1.807, 2.05) is 0 Å². The molecule has 0 spiro atoms. The topological polar surface area (TPSA) is 57.5 Å². The Labute approximate surface area is 90.3 Å². The van der Waals surface area contributed by atoms with Gasteiger partial charge in [-0.25, -0.2) is 13.6 Å². The number of halogens is 2. The van der Waals surface area contributed by atoms with Crippen molar-refractivity contribution in [2.45, 2.75) is 24.4 Å². The van der Waals surface area contributed by atoms with E-state index in [1.165, 1.54) is 0 Å². The number of carbonyl (C=O) groups is 1. The Morgan fingerprint density at radius 3 is 2.12 bits per heavy atom. The molecule has 1 aliphatic carbocycles. The number of carboxylic acids is 1. The third kappa shape index (κ3) is 1.67. The van der Waals surface area contributed by atoms with Gasteiger partial charge < -0.3 is 10.2 Å². The van der Waals surface area contributed by atoms with Gasteiger partial charge in [0.15, 0.2) is 6.10 Å². The van der Waals surface area contributed by atoms with Crippen LogP contribution in [0.1, 0.15) is 18.4 Å². The van der Waals surface area contributed by atoms with Gasteiger partial charge in [-0.1, -0.05) is 0 Å². The highest BCUT2D eigenvalue weighted by Crippen LogP contribution is 2.51. The van der Waals surface area contributed by atoms with E-state index in [0.29, 0.717) is 18.9 Å². The second kappa shape index (κ2) is 3.52. The quantitative estimate of drug-likeness (QED) is 0.823. The van der Waals surface area contributed by atoms with Crippen LogP contribution in [0.3, 0.4) is 0 Å². The van der Waals surface area contributed by atoms with Crippen LogP contribution in [-0.4, -0.2) is 22.3 Å². The molecular weight excluding hydrogens is 218 g/mol. The van der Waals surface area contributed by atoms with Crippen LogP contribution in [0.5, 0.6) is 0 Å². The Balaban J connectivity index is 2.40. The number of aliphatic hydroxyl groups is 1. The molecular formula is C11H10F2O3. The molecule has 2 N–H and O–H groups in total. The van der Waals surface area contributed by atoms with Gasteiger partial charge in [0.2, 0.25) is 0 Å². The van der Waals surface area contributed by atoms with E-state index in [9.17, 15) is 18.7 Å². The number of carboxylic acid groups (broad SMARTS) is 1. The Morgan fingerprint density at radius 1 is 1.25 bits per heavy atom. The second-order valence-electron chi connectivity index (χ2n) is 4.06. The number of benzene rings is 1. The minimum atomic E-state index is -1.62. The maximum Gasteiger partial charge on any atom is 0.333 e. The van der Waals surface area contributed by atoms with Crippen LogP contribution in [-0.2, 0) is 10.2 Å². The molecule has 0 radical (unpaired) electrons. The maximum absolute atomic E-state index is 13.0. The molecule has 1 aromatic rings. The predicted molar refractivity (Wildman–Crippen MR) is 50.9 cm³/mol. The largest absolute Gasteiger partial charge is 0.479 e. The van der Waals surface area contributed by atoms with Crippen LogP contribution in [0.15, 0.2) is 18.2 Å². The monoisotopic (exact) mass is 228 g/mol. The molecule has 1 fully saturated rings. The third-order valence-corrected chi connectivity index (χ3v) is 2.98. The van der Waals surface area contributed by atoms with Crippen molar-refractivity contribution in [2.75, 3.05) is 0 Å². The molecule has 0 aromatic heterocycles. The van der Waals surface area contributed by atoms with Gasteiger partial charge >= 0.3 is 5.97 Å². The minimum Gasteiger partial charge on any atom is -0.479 e. The first-order valence-corrected chi connectivity index (χ1v) is 4.83. The van der Waals surface area contributed by atoms with Gasteiger partial charge in [0.25, 0.3) is 0 Å². The summed E-state index contributed by atoms with van der Waals surface area (Å²) in [4.78, 5) is 10.7. The molecule has 1 saturated carbocycles. The zero-order valence-corrected chi connectivity index (χ0v) is 8.28. The first kappa shape index (κ1) is 11.0. The highest BCUT2D eigenvalue weighted by molar-refractivity contribution is 5.75. The fraction of sp³-hybridized carbons (Fsp3) is 0.364. The molecule has 1 atom stereocenters. The number of hydrogen-bond donors (Lipinski definition) is 2. The molecule has 3 nitrogen and oxygen atoms in total. The van der Waals surface area contributed by atoms with Gasteiger partial charge in [0.1, 0.15) is 11.6 Å². The first-order chi connectivity index (χ1) is 7.45. The Bertz CT molecular complexity index is 421. The molecule has 86 valence electrons. The van der Waals surface area contributed by atoms with E-state index < -0.39 is 29.1 Å². The van der Waals surface area contributed by atoms with Crippen LogP contribution in [0, 0.1) is 11.6 Å². The summed E-state index contributed by atoms with van der Waals surface area (Å²) in [6.07, 6.45) is -0.777. The molecule has 0 saturated heterocycles. The molecule has 0 aliphatic heterocycles. The van der Waals surface area contributed by atoms with E-state index >= 15 is 0 Å². The van der Waals surface area contributed by atoms with Gasteiger partial charge in [-0.2, -0.15) is 0 Å². The van der Waals surface area contributed by atoms with Crippen LogP contribution in [0.25, 0.3) is 0 Å². The van der Waals surface area contributed by atoms with Crippen LogP contribution < -0.4 is 0 Å². The zero-order valence-electron chi connectivity index (χ0n) is 8.28. The van der Waals surface area contributed by atoms with E-state index in [2.05, 4.69) is 0 Å². The molecule has 1 unspecified atom stereocenters. The normalized spacial score (nSPS) is 19.2. The van der Waals surface area contributed by atoms with E-state index in [1.54, 1.807) is 0 Å². The van der Waals surface area contributed by atoms with E-state index in [0.717, 1.165) is 12.1 Å². The van der Waals surface area contributed by atoms with Gasteiger partial charge in [-0.15, -0.1) is 0 Å². The standard InChI is InChI=1S/C11H10F2O3/c12-7-3-6(4-8(13)5-7)11(1-2-11)9(14)10(15)16/h3-5,9,14H,1-2H2,(H,15,16). The summed E-state index contributed by atoms with van der Waals surface area (Å²) in [5.41, 5.74) is -0.811. The Hall–Kier alpha value is -1.49. The predicted octanol–water partition coefficient (Wildman–Crippen LogP) is 1.44. The Morgan fingerprint density at radius 2 is 1.75 bits per heavy atom. The second-order valence-corrected chi connectivity index (χ2v) is 4.06. The van der Waals surface area contributed by atoms with Crippen molar-refractivity contribution in [1.82, 2.24) is 0 Å². The Kier molecular flexibility index (Phi) is 2.42. The van der Waals surface area contributed by atoms with Gasteiger partial charge in [-0.3, -0.25) is 0 Å². The highest BCUT2D eigenvalue weighted by Gasteiger charge is 2.53. The van der Waals surface area contributed by atoms with Gasteiger partial charge in [-0.05, 0) is 30.5 Å². The van der Waals surface area contributed by atoms with Gasteiger partial charge in [0, 0.05) is 11.5 Å². The van der Waals surface area contributed by atoms with Crippen molar-refractivity contribution < 1.29 is 23.8 Å². The van der Waals surface area contributed by atoms with E-state index in [4.69, 9.17) is 5.11 Å². The fourth-order valence-corrected chi connectivity index (χ4v) is 1.93. The zero-order chi connectivity index (χ0) is 11.9. The van der Waals surface area contributed by atoms with Crippen molar-refractivity contribution in [2.24, 2.45) is 0 Å². The van der Waals surface area contributed by atoms with Crippen LogP contribution >= 0.6 is 0 Å². The van der Waals surface area contributed by atoms with Crippen molar-refractivity contribution >= 4 is 5.97 Å². The highest BCUT2D eigenvalue weighted by atomic mass is 19.1. The van der Waals surface area contributed by atoms with Crippen molar-refractivity contribution in [3.63, 3.8) is 0 Å². The summed E-state index contributed by atoms with van der Waals surface area (Å²) in [6.45, 7) is 0. The number of hydrogen-bond acceptors (Lipinski definition) is 2. The molecule has 0 heterocycles. The van der Waals surface area contributed by atoms with Crippen LogP contribution in [0.2, 0.25) is 0 Å². The van der Waals surface area contributed by atoms with Crippen LogP contribution in [0.4, 0.5) is 8.78 Å². The summed E-state index contributed by atoms with van der Waals surface area (Å²) < 4.78 is 26.0. The molecule has 16 heavy (non-hydrogen) atoms. The lowest BCUT2D eigenvalue weighted by molar-refractivity contribution is -0.148. The molecule has 2 rings (SSSR count). The molecule has 0 bridgehead atoms. The van der Waals surface area contributed by atoms with Crippen molar-refractivity contribution in [3.05, 3.63) is 35.4 Å². The lowest BCUT2D eigenvalue weighted by Crippen LogP contribution is -2.34. The summed E-state index contributed by atoms with van der Waals surface area (Å²) in [5.74, 6) is -2.90. The minimum absolute atomic E-state index is 0.208. The maximum atomic E-state index is 13.0. The summed E-state index contributed by atoms with van der Waals surface area (Å²) in [5, 5.41) is 18.2. The summed E-state index contributed by atoms with van der Waals surface area (Å²) in [6, 6.07) is 2.86. The molecule has 1 aromatic carbocycles. The molecule has 0 amide bonds. The smallest absolute Gasteiger partial charge is 0.333 e. The number of rotatable bonds is 3. The summed E-state index contributed by atoms with van der Waals surface area (Å²) in [7, 11) is 0. The van der Waals surface area contributed by atoms with Crippen molar-refractivity contribution in [1.29, 1.82) is 0 Å². The van der Waals surface area contributed by atoms with E-state index in [-0.39, 0.29) is 5.56 Å². The third-order valence-electron chi connectivity index (χ3n) is 2.98. The average molecular weight is 228 g/mol. The van der Waals surface area contributed by atoms with Gasteiger partial charge in [0.05, 0.1) is 0 Å². The fourth-order valence-electron chi connectivity index (χ4n) is 1.93. The summed E-state index contributed by atoms with van der Waals surface area (Å²) >= 11 is 0. The van der Waals surface area contributed by atoms with Crippen molar-refractivity contribution in [3.8, 4) is 0 Å². The SMILES string of the molecule is O=C(O)C(O)C1(c2cc(F)cc(F)c2)CC1. The average Bonchev–Trinajstić information content (AvgIpc) is 2.95. The number of aliphatic carboxylic acids is 1. The number of aliphatic hydroxyl groups excluding tert-OH is 1. The lowest BCUT2D eigenvalue weighted by Gasteiger charge is -2.19. The molecule has 1 aliphatic rings. The first-order valence-electron chi connectivity index (χ1n) is 4.83. The lowest BCUT2D eigenvalue weighted by atomic mass is 9.90. The molecule has 5 heteroatoms.